The van der Waals surface area contributed by atoms with Crippen LogP contribution in [0.1, 0.15) is 31.9 Å². The Kier molecular flexibility index (Phi) is 4.13. The summed E-state index contributed by atoms with van der Waals surface area (Å²) in [6.07, 6.45) is 1.10. The Morgan fingerprint density at radius 1 is 1.47 bits per heavy atom. The molecule has 1 aromatic rings. The van der Waals surface area contributed by atoms with E-state index in [9.17, 15) is 4.39 Å². The summed E-state index contributed by atoms with van der Waals surface area (Å²) in [6, 6.07) is 7.78. The summed E-state index contributed by atoms with van der Waals surface area (Å²) in [5.41, 5.74) is 0.813. The van der Waals surface area contributed by atoms with Crippen LogP contribution in [0, 0.1) is 5.82 Å². The Morgan fingerprint density at radius 3 is 2.94 bits per heavy atom. The Hall–Kier alpha value is -0.930. The van der Waals surface area contributed by atoms with Crippen LogP contribution in [0.3, 0.4) is 0 Å². The molecule has 0 aromatic heterocycles. The maximum absolute atomic E-state index is 13.8. The Balaban J connectivity index is 2.18. The smallest absolute Gasteiger partial charge is 0.127 e. The molecule has 1 aliphatic rings. The second kappa shape index (κ2) is 5.61. The van der Waals surface area contributed by atoms with Gasteiger partial charge in [-0.15, -0.1) is 0 Å². The van der Waals surface area contributed by atoms with Gasteiger partial charge < -0.3 is 5.32 Å². The minimum Gasteiger partial charge on any atom is -0.314 e. The first kappa shape index (κ1) is 12.5. The van der Waals surface area contributed by atoms with Crippen molar-refractivity contribution < 1.29 is 4.39 Å². The third kappa shape index (κ3) is 2.67. The van der Waals surface area contributed by atoms with E-state index in [2.05, 4.69) is 24.1 Å². The van der Waals surface area contributed by atoms with Crippen LogP contribution in [0.4, 0.5) is 4.39 Å². The Labute approximate surface area is 103 Å². The highest BCUT2D eigenvalue weighted by Crippen LogP contribution is 2.26. The monoisotopic (exact) mass is 236 g/mol. The fraction of sp³-hybridized carbons (Fsp3) is 0.571. The second-order valence-corrected chi connectivity index (χ2v) is 4.70. The van der Waals surface area contributed by atoms with Crippen LogP contribution in [0.5, 0.6) is 0 Å². The molecule has 2 rings (SSSR count). The molecule has 2 nitrogen and oxygen atoms in total. The lowest BCUT2D eigenvalue weighted by Gasteiger charge is -2.40. The molecule has 2 unspecified atom stereocenters. The summed E-state index contributed by atoms with van der Waals surface area (Å²) in [4.78, 5) is 2.41. The van der Waals surface area contributed by atoms with Gasteiger partial charge in [0.1, 0.15) is 5.82 Å². The van der Waals surface area contributed by atoms with Gasteiger partial charge in [0, 0.05) is 37.3 Å². The van der Waals surface area contributed by atoms with Gasteiger partial charge in [-0.05, 0) is 19.4 Å². The third-order valence-corrected chi connectivity index (χ3v) is 3.72. The fourth-order valence-corrected chi connectivity index (χ4v) is 2.66. The van der Waals surface area contributed by atoms with Gasteiger partial charge in [-0.3, -0.25) is 4.90 Å². The molecule has 0 spiro atoms. The van der Waals surface area contributed by atoms with Crippen LogP contribution in [-0.4, -0.2) is 30.6 Å². The molecule has 1 heterocycles. The molecule has 0 saturated carbocycles. The quantitative estimate of drug-likeness (QED) is 0.867. The predicted octanol–water partition coefficient (Wildman–Crippen LogP) is 2.57. The molecule has 1 fully saturated rings. The van der Waals surface area contributed by atoms with Gasteiger partial charge in [0.05, 0.1) is 0 Å². The normalized spacial score (nSPS) is 23.6. The molecule has 3 heteroatoms. The van der Waals surface area contributed by atoms with E-state index in [1.165, 1.54) is 0 Å². The summed E-state index contributed by atoms with van der Waals surface area (Å²) < 4.78 is 13.8. The molecular formula is C14H21FN2. The molecule has 1 aromatic carbocycles. The number of nitrogens with zero attached hydrogens (tertiary/aromatic N) is 1. The standard InChI is InChI=1S/C14H21FN2/c1-3-12-10-16-8-9-17(12)11(2)13-6-4-5-7-14(13)15/h4-7,11-12,16H,3,8-10H2,1-2H3. The van der Waals surface area contributed by atoms with Crippen LogP contribution in [-0.2, 0) is 0 Å². The summed E-state index contributed by atoms with van der Waals surface area (Å²) in [5.74, 6) is -0.0895. The lowest BCUT2D eigenvalue weighted by molar-refractivity contribution is 0.110. The van der Waals surface area contributed by atoms with Gasteiger partial charge in [-0.2, -0.15) is 0 Å². The molecule has 0 radical (unpaired) electrons. The van der Waals surface area contributed by atoms with Crippen LogP contribution >= 0.6 is 0 Å². The van der Waals surface area contributed by atoms with Gasteiger partial charge in [0.2, 0.25) is 0 Å². The van der Waals surface area contributed by atoms with Gasteiger partial charge in [-0.1, -0.05) is 25.1 Å². The summed E-state index contributed by atoms with van der Waals surface area (Å²) >= 11 is 0. The predicted molar refractivity (Wildman–Crippen MR) is 68.5 cm³/mol. The fourth-order valence-electron chi connectivity index (χ4n) is 2.66. The highest BCUT2D eigenvalue weighted by Gasteiger charge is 2.26. The van der Waals surface area contributed by atoms with Crippen molar-refractivity contribution in [2.24, 2.45) is 0 Å². The first-order chi connectivity index (χ1) is 8.24. The van der Waals surface area contributed by atoms with E-state index < -0.39 is 0 Å². The molecular weight excluding hydrogens is 215 g/mol. The average Bonchev–Trinajstić information content (AvgIpc) is 2.38. The molecule has 94 valence electrons. The van der Waals surface area contributed by atoms with Crippen molar-refractivity contribution in [1.29, 1.82) is 0 Å². The molecule has 0 amide bonds. The van der Waals surface area contributed by atoms with E-state index in [0.29, 0.717) is 6.04 Å². The SMILES string of the molecule is CCC1CNCCN1C(C)c1ccccc1F. The van der Waals surface area contributed by atoms with E-state index in [4.69, 9.17) is 0 Å². The van der Waals surface area contributed by atoms with Crippen molar-refractivity contribution >= 4 is 0 Å². The number of nitrogens with one attached hydrogen (secondary N) is 1. The van der Waals surface area contributed by atoms with Gasteiger partial charge in [0.15, 0.2) is 0 Å². The highest BCUT2D eigenvalue weighted by atomic mass is 19.1. The number of hydrogen-bond donors (Lipinski definition) is 1. The lowest BCUT2D eigenvalue weighted by Crippen LogP contribution is -2.51. The van der Waals surface area contributed by atoms with E-state index in [1.54, 1.807) is 12.1 Å². The Bertz CT molecular complexity index is 367. The third-order valence-electron chi connectivity index (χ3n) is 3.72. The maximum Gasteiger partial charge on any atom is 0.127 e. The zero-order chi connectivity index (χ0) is 12.3. The van der Waals surface area contributed by atoms with Gasteiger partial charge in [0.25, 0.3) is 0 Å². The van der Waals surface area contributed by atoms with Gasteiger partial charge >= 0.3 is 0 Å². The minimum atomic E-state index is -0.0895. The molecule has 1 aliphatic heterocycles. The molecule has 1 saturated heterocycles. The number of rotatable bonds is 3. The van der Waals surface area contributed by atoms with Crippen molar-refractivity contribution in [2.75, 3.05) is 19.6 Å². The second-order valence-electron chi connectivity index (χ2n) is 4.70. The maximum atomic E-state index is 13.8. The van der Waals surface area contributed by atoms with E-state index in [0.717, 1.165) is 31.6 Å². The van der Waals surface area contributed by atoms with Crippen LogP contribution in [0.25, 0.3) is 0 Å². The Morgan fingerprint density at radius 2 is 2.24 bits per heavy atom. The molecule has 0 aliphatic carbocycles. The first-order valence-corrected chi connectivity index (χ1v) is 6.45. The van der Waals surface area contributed by atoms with E-state index in [1.807, 2.05) is 12.1 Å². The molecule has 1 N–H and O–H groups in total. The molecule has 0 bridgehead atoms. The zero-order valence-corrected chi connectivity index (χ0v) is 10.6. The minimum absolute atomic E-state index is 0.0895. The van der Waals surface area contributed by atoms with Crippen molar-refractivity contribution in [3.63, 3.8) is 0 Å². The van der Waals surface area contributed by atoms with Crippen molar-refractivity contribution in [1.82, 2.24) is 10.2 Å². The summed E-state index contributed by atoms with van der Waals surface area (Å²) in [5, 5.41) is 3.40. The van der Waals surface area contributed by atoms with Crippen LogP contribution < -0.4 is 5.32 Å². The summed E-state index contributed by atoms with van der Waals surface area (Å²) in [7, 11) is 0. The average molecular weight is 236 g/mol. The number of piperazine rings is 1. The van der Waals surface area contributed by atoms with E-state index in [-0.39, 0.29) is 11.9 Å². The van der Waals surface area contributed by atoms with Crippen molar-refractivity contribution in [3.05, 3.63) is 35.6 Å². The van der Waals surface area contributed by atoms with Crippen LogP contribution in [0.2, 0.25) is 0 Å². The first-order valence-electron chi connectivity index (χ1n) is 6.45. The molecule has 2 atom stereocenters. The highest BCUT2D eigenvalue weighted by molar-refractivity contribution is 5.21. The molecule has 17 heavy (non-hydrogen) atoms. The summed E-state index contributed by atoms with van der Waals surface area (Å²) in [6.45, 7) is 7.30. The number of benzene rings is 1. The lowest BCUT2D eigenvalue weighted by atomic mass is 10.0. The number of hydrogen-bond acceptors (Lipinski definition) is 2. The van der Waals surface area contributed by atoms with Crippen LogP contribution in [0.15, 0.2) is 24.3 Å². The zero-order valence-electron chi connectivity index (χ0n) is 10.6. The van der Waals surface area contributed by atoms with E-state index >= 15 is 0 Å². The van der Waals surface area contributed by atoms with Gasteiger partial charge in [-0.25, -0.2) is 4.39 Å². The topological polar surface area (TPSA) is 15.3 Å². The van der Waals surface area contributed by atoms with Crippen molar-refractivity contribution in [3.8, 4) is 0 Å². The number of halogens is 1. The largest absolute Gasteiger partial charge is 0.314 e. The van der Waals surface area contributed by atoms with Crippen molar-refractivity contribution in [2.45, 2.75) is 32.4 Å².